The number of para-hydroxylation sites is 1. The lowest BCUT2D eigenvalue weighted by atomic mass is 9.97. The Morgan fingerprint density at radius 3 is 2.38 bits per heavy atom. The van der Waals surface area contributed by atoms with Gasteiger partial charge in [-0.3, -0.25) is 10.1 Å². The predicted octanol–water partition coefficient (Wildman–Crippen LogP) is 5.57. The van der Waals surface area contributed by atoms with Crippen molar-refractivity contribution in [1.82, 2.24) is 19.5 Å². The molecule has 2 heterocycles. The minimum absolute atomic E-state index is 0.00729. The fraction of sp³-hybridized carbons (Fsp3) is 0.379. The zero-order valence-corrected chi connectivity index (χ0v) is 24.5. The molecule has 11 heteroatoms. The van der Waals surface area contributed by atoms with E-state index >= 15 is 0 Å². The van der Waals surface area contributed by atoms with Gasteiger partial charge in [-0.05, 0) is 48.7 Å². The van der Waals surface area contributed by atoms with E-state index in [1.165, 1.54) is 6.26 Å². The summed E-state index contributed by atoms with van der Waals surface area (Å²) in [7, 11) is 0.709. The van der Waals surface area contributed by atoms with Crippen molar-refractivity contribution < 1.29 is 13.2 Å². The molecule has 0 radical (unpaired) electrons. The molecule has 0 bridgehead atoms. The summed E-state index contributed by atoms with van der Waals surface area (Å²) in [6.07, 6.45) is 6.51. The first-order chi connectivity index (χ1) is 19.1. The summed E-state index contributed by atoms with van der Waals surface area (Å²) in [6.45, 7) is 4.19. The Morgan fingerprint density at radius 1 is 1.02 bits per heavy atom. The number of imidazole rings is 1. The van der Waals surface area contributed by atoms with Gasteiger partial charge in [0, 0.05) is 38.2 Å². The number of anilines is 5. The molecular formula is C29H37N7O3S. The quantitative estimate of drug-likeness (QED) is 0.229. The maximum Gasteiger partial charge on any atom is 0.229 e. The number of fused-ring (bicyclic) bond motifs is 1. The molecule has 1 amide bonds. The third-order valence-electron chi connectivity index (χ3n) is 6.76. The first-order valence-electron chi connectivity index (χ1n) is 13.5. The highest BCUT2D eigenvalue weighted by molar-refractivity contribution is 7.89. The Bertz CT molecular complexity index is 1580. The fourth-order valence-corrected chi connectivity index (χ4v) is 5.53. The van der Waals surface area contributed by atoms with E-state index in [1.807, 2.05) is 47.8 Å². The highest BCUT2D eigenvalue weighted by Crippen LogP contribution is 2.32. The standard InChI is InChI=1S/C29H37N7O3S/c1-6-9-21(10-7-2)27(37)34-29-33-26-23(11-8-12-24(26)36(29)4)35(3)25-17-18-30-28(32-25)31-22-15-13-20(14-16-22)19-40(5,38)39/h8,11-18,21H,6-7,9-10,19H2,1-5H3,(H,30,31,32)(H,33,34,37). The molecule has 2 aromatic carbocycles. The van der Waals surface area contributed by atoms with Gasteiger partial charge in [0.25, 0.3) is 0 Å². The number of rotatable bonds is 12. The second kappa shape index (κ2) is 12.5. The second-order valence-corrected chi connectivity index (χ2v) is 12.2. The minimum Gasteiger partial charge on any atom is -0.327 e. The van der Waals surface area contributed by atoms with Crippen molar-refractivity contribution in [3.05, 3.63) is 60.3 Å². The van der Waals surface area contributed by atoms with Gasteiger partial charge in [-0.2, -0.15) is 4.98 Å². The summed E-state index contributed by atoms with van der Waals surface area (Å²) in [5, 5.41) is 6.23. The first kappa shape index (κ1) is 29.0. The van der Waals surface area contributed by atoms with Crippen LogP contribution in [0, 0.1) is 5.92 Å². The monoisotopic (exact) mass is 563 g/mol. The molecule has 0 spiro atoms. The van der Waals surface area contributed by atoms with Crippen LogP contribution in [0.2, 0.25) is 0 Å². The number of nitrogens with zero attached hydrogens (tertiary/aromatic N) is 5. The van der Waals surface area contributed by atoms with Gasteiger partial charge in [0.1, 0.15) is 11.3 Å². The third kappa shape index (κ3) is 6.95. The molecule has 0 aliphatic carbocycles. The predicted molar refractivity (Wildman–Crippen MR) is 161 cm³/mol. The molecule has 0 unspecified atom stereocenters. The number of aryl methyl sites for hydroxylation is 1. The molecular weight excluding hydrogens is 526 g/mol. The highest BCUT2D eigenvalue weighted by Gasteiger charge is 2.21. The molecule has 2 aromatic heterocycles. The molecule has 4 rings (SSSR count). The molecule has 2 N–H and O–H groups in total. The van der Waals surface area contributed by atoms with E-state index < -0.39 is 9.84 Å². The Balaban J connectivity index is 1.56. The third-order valence-corrected chi connectivity index (χ3v) is 7.61. The van der Waals surface area contributed by atoms with Gasteiger partial charge >= 0.3 is 0 Å². The van der Waals surface area contributed by atoms with Gasteiger partial charge in [-0.1, -0.05) is 44.9 Å². The summed E-state index contributed by atoms with van der Waals surface area (Å²) in [4.78, 5) is 28.8. The van der Waals surface area contributed by atoms with E-state index in [4.69, 9.17) is 4.98 Å². The van der Waals surface area contributed by atoms with E-state index in [1.54, 1.807) is 30.5 Å². The number of benzene rings is 2. The van der Waals surface area contributed by atoms with E-state index in [2.05, 4.69) is 34.4 Å². The van der Waals surface area contributed by atoms with Crippen molar-refractivity contribution >= 4 is 55.9 Å². The second-order valence-electron chi connectivity index (χ2n) is 10.1. The van der Waals surface area contributed by atoms with Gasteiger partial charge in [-0.25, -0.2) is 18.4 Å². The summed E-state index contributed by atoms with van der Waals surface area (Å²) in [5.41, 5.74) is 3.94. The summed E-state index contributed by atoms with van der Waals surface area (Å²) < 4.78 is 25.0. The lowest BCUT2D eigenvalue weighted by molar-refractivity contribution is -0.120. The fourth-order valence-electron chi connectivity index (χ4n) is 4.73. The van der Waals surface area contributed by atoms with Crippen LogP contribution in [0.15, 0.2) is 54.7 Å². The molecule has 0 saturated carbocycles. The Morgan fingerprint density at radius 2 is 1.73 bits per heavy atom. The van der Waals surface area contributed by atoms with Crippen LogP contribution >= 0.6 is 0 Å². The Kier molecular flexibility index (Phi) is 9.03. The van der Waals surface area contributed by atoms with Crippen molar-refractivity contribution in [1.29, 1.82) is 0 Å². The van der Waals surface area contributed by atoms with Gasteiger partial charge in [0.15, 0.2) is 9.84 Å². The molecule has 0 atom stereocenters. The minimum atomic E-state index is -3.10. The Hall–Kier alpha value is -3.99. The van der Waals surface area contributed by atoms with E-state index in [9.17, 15) is 13.2 Å². The van der Waals surface area contributed by atoms with Crippen LogP contribution in [-0.4, -0.2) is 47.1 Å². The number of carbonyl (C=O) groups is 1. The smallest absolute Gasteiger partial charge is 0.229 e. The average molecular weight is 564 g/mol. The summed E-state index contributed by atoms with van der Waals surface area (Å²) in [5.74, 6) is 1.54. The maximum absolute atomic E-state index is 13.0. The van der Waals surface area contributed by atoms with Crippen LogP contribution in [0.4, 0.5) is 29.1 Å². The largest absolute Gasteiger partial charge is 0.327 e. The number of amides is 1. The number of aromatic nitrogens is 4. The van der Waals surface area contributed by atoms with Crippen LogP contribution < -0.4 is 15.5 Å². The van der Waals surface area contributed by atoms with Crippen LogP contribution in [0.1, 0.15) is 45.1 Å². The summed E-state index contributed by atoms with van der Waals surface area (Å²) in [6, 6.07) is 14.8. The number of hydrogen-bond acceptors (Lipinski definition) is 8. The summed E-state index contributed by atoms with van der Waals surface area (Å²) >= 11 is 0. The van der Waals surface area contributed by atoms with Crippen molar-refractivity contribution in [2.75, 3.05) is 28.8 Å². The normalized spacial score (nSPS) is 11.7. The topological polar surface area (TPSA) is 122 Å². The average Bonchev–Trinajstić information content (AvgIpc) is 3.23. The van der Waals surface area contributed by atoms with E-state index in [-0.39, 0.29) is 17.6 Å². The van der Waals surface area contributed by atoms with Crippen molar-refractivity contribution in [3.8, 4) is 0 Å². The molecule has 212 valence electrons. The van der Waals surface area contributed by atoms with Crippen LogP contribution in [0.5, 0.6) is 0 Å². The first-order valence-corrected chi connectivity index (χ1v) is 15.5. The molecule has 0 aliphatic heterocycles. The van der Waals surface area contributed by atoms with Crippen LogP contribution in [0.3, 0.4) is 0 Å². The van der Waals surface area contributed by atoms with Gasteiger partial charge in [0.2, 0.25) is 17.8 Å². The van der Waals surface area contributed by atoms with Gasteiger partial charge in [-0.15, -0.1) is 0 Å². The molecule has 0 saturated heterocycles. The highest BCUT2D eigenvalue weighted by atomic mass is 32.2. The zero-order chi connectivity index (χ0) is 28.9. The zero-order valence-electron chi connectivity index (χ0n) is 23.7. The van der Waals surface area contributed by atoms with E-state index in [0.29, 0.717) is 23.3 Å². The van der Waals surface area contributed by atoms with Crippen molar-refractivity contribution in [2.45, 2.75) is 45.3 Å². The lowest BCUT2D eigenvalue weighted by Crippen LogP contribution is -2.24. The van der Waals surface area contributed by atoms with Crippen LogP contribution in [-0.2, 0) is 27.4 Å². The maximum atomic E-state index is 13.0. The molecule has 40 heavy (non-hydrogen) atoms. The SMILES string of the molecule is CCCC(CCC)C(=O)Nc1nc2c(N(C)c3ccnc(Nc4ccc(CS(C)(=O)=O)cc4)n3)cccc2n1C. The van der Waals surface area contributed by atoms with Crippen LogP contribution in [0.25, 0.3) is 11.0 Å². The van der Waals surface area contributed by atoms with Gasteiger partial charge in [0.05, 0.1) is 17.0 Å². The molecule has 0 fully saturated rings. The molecule has 10 nitrogen and oxygen atoms in total. The number of sulfone groups is 1. The number of nitrogens with one attached hydrogen (secondary N) is 2. The molecule has 4 aromatic rings. The van der Waals surface area contributed by atoms with Crippen molar-refractivity contribution in [3.63, 3.8) is 0 Å². The van der Waals surface area contributed by atoms with E-state index in [0.717, 1.165) is 48.1 Å². The lowest BCUT2D eigenvalue weighted by Gasteiger charge is -2.19. The van der Waals surface area contributed by atoms with Crippen molar-refractivity contribution in [2.24, 2.45) is 13.0 Å². The Labute approximate surface area is 235 Å². The number of carbonyl (C=O) groups excluding carboxylic acids is 1. The molecule has 0 aliphatic rings. The number of hydrogen-bond donors (Lipinski definition) is 2. The van der Waals surface area contributed by atoms with Gasteiger partial charge < -0.3 is 14.8 Å².